The quantitative estimate of drug-likeness (QED) is 0.722. The van der Waals surface area contributed by atoms with Gasteiger partial charge in [0.15, 0.2) is 16.7 Å². The zero-order valence-electron chi connectivity index (χ0n) is 11.5. The highest BCUT2D eigenvalue weighted by Gasteiger charge is 2.30. The number of likely N-dealkylation sites (N-methyl/N-ethyl adjacent to an activating group) is 1. The summed E-state index contributed by atoms with van der Waals surface area (Å²) in [6.45, 7) is 0. The molecular weight excluding hydrogens is 424 g/mol. The Morgan fingerprint density at radius 1 is 1.43 bits per heavy atom. The monoisotopic (exact) mass is 434 g/mol. The Morgan fingerprint density at radius 2 is 2.10 bits per heavy atom. The van der Waals surface area contributed by atoms with E-state index in [0.717, 1.165) is 5.56 Å². The second-order valence-electron chi connectivity index (χ2n) is 4.13. The number of carbonyl (C=O) groups excluding carboxylic acids is 1. The first-order valence-corrected chi connectivity index (χ1v) is 8.20. The van der Waals surface area contributed by atoms with E-state index in [1.807, 2.05) is 0 Å². The average Bonchev–Trinajstić information content (AvgIpc) is 2.75. The van der Waals surface area contributed by atoms with E-state index in [-0.39, 0.29) is 11.7 Å². The van der Waals surface area contributed by atoms with Crippen LogP contribution in [0.5, 0.6) is 11.5 Å². The summed E-state index contributed by atoms with van der Waals surface area (Å²) < 4.78 is 6.24. The number of hydrogen-bond donors (Lipinski definition) is 1. The van der Waals surface area contributed by atoms with Crippen molar-refractivity contribution in [2.45, 2.75) is 0 Å². The van der Waals surface area contributed by atoms with Gasteiger partial charge in [0.25, 0.3) is 5.91 Å². The third kappa shape index (κ3) is 2.97. The van der Waals surface area contributed by atoms with Crippen molar-refractivity contribution in [2.24, 2.45) is 4.99 Å². The molecule has 0 aromatic heterocycles. The molecule has 0 bridgehead atoms. The van der Waals surface area contributed by atoms with Crippen LogP contribution in [0.1, 0.15) is 5.56 Å². The third-order valence-corrected chi connectivity index (χ3v) is 6.19. The third-order valence-electron chi connectivity index (χ3n) is 2.88. The van der Waals surface area contributed by atoms with Gasteiger partial charge >= 0.3 is 0 Å². The zero-order valence-corrected chi connectivity index (χ0v) is 15.5. The Labute approximate surface area is 143 Å². The predicted octanol–water partition coefficient (Wildman–Crippen LogP) is 3.46. The van der Waals surface area contributed by atoms with Crippen LogP contribution < -0.4 is 4.74 Å². The van der Waals surface area contributed by atoms with Gasteiger partial charge in [0.2, 0.25) is 0 Å². The Balaban J connectivity index is 2.52. The predicted molar refractivity (Wildman–Crippen MR) is 91.8 cm³/mol. The van der Waals surface area contributed by atoms with Gasteiger partial charge in [0.05, 0.1) is 16.5 Å². The number of ether oxygens (including phenoxy) is 1. The fourth-order valence-electron chi connectivity index (χ4n) is 1.76. The molecule has 1 N–H and O–H groups in total. The number of rotatable bonds is 2. The molecule has 0 spiro atoms. The number of nitrogens with zero attached hydrogens (tertiary/aromatic N) is 2. The molecule has 8 heteroatoms. The average molecular weight is 436 g/mol. The van der Waals surface area contributed by atoms with Crippen LogP contribution in [0.4, 0.5) is 0 Å². The van der Waals surface area contributed by atoms with Crippen LogP contribution in [0.15, 0.2) is 24.9 Å². The molecular formula is C13H12Br2N2O3S. The van der Waals surface area contributed by atoms with E-state index in [1.165, 1.54) is 23.8 Å². The van der Waals surface area contributed by atoms with E-state index in [9.17, 15) is 9.90 Å². The molecule has 0 atom stereocenters. The Morgan fingerprint density at radius 3 is 2.62 bits per heavy atom. The highest BCUT2D eigenvalue weighted by atomic mass is 79.9. The molecule has 21 heavy (non-hydrogen) atoms. The number of amides is 1. The topological polar surface area (TPSA) is 62.1 Å². The lowest BCUT2D eigenvalue weighted by Crippen LogP contribution is -2.23. The normalized spacial score (nSPS) is 18.9. The van der Waals surface area contributed by atoms with Crippen molar-refractivity contribution >= 4 is 60.8 Å². The smallest absolute Gasteiger partial charge is 0.266 e. The molecule has 1 aromatic rings. The molecule has 1 aromatic carbocycles. The molecule has 1 amide bonds. The van der Waals surface area contributed by atoms with Crippen LogP contribution in [0, 0.1) is 0 Å². The molecule has 0 radical (unpaired) electrons. The molecule has 2 rings (SSSR count). The van der Waals surface area contributed by atoms with Crippen molar-refractivity contribution in [2.75, 3.05) is 21.2 Å². The second-order valence-corrected chi connectivity index (χ2v) is 6.72. The van der Waals surface area contributed by atoms with Crippen molar-refractivity contribution in [3.8, 4) is 11.5 Å². The second kappa shape index (κ2) is 6.41. The highest BCUT2D eigenvalue weighted by molar-refractivity contribution is 9.13. The Kier molecular flexibility index (Phi) is 5.00. The molecule has 1 fully saturated rings. The fourth-order valence-corrected chi connectivity index (χ4v) is 3.52. The summed E-state index contributed by atoms with van der Waals surface area (Å²) >= 11 is 7.99. The molecule has 1 heterocycles. The van der Waals surface area contributed by atoms with E-state index in [4.69, 9.17) is 4.74 Å². The summed E-state index contributed by atoms with van der Waals surface area (Å²) in [7, 11) is 4.80. The van der Waals surface area contributed by atoms with Crippen LogP contribution in [0.3, 0.4) is 0 Å². The first-order chi connectivity index (χ1) is 9.90. The summed E-state index contributed by atoms with van der Waals surface area (Å²) in [5.74, 6) is 0.214. The first kappa shape index (κ1) is 16.4. The number of benzene rings is 1. The van der Waals surface area contributed by atoms with E-state index in [0.29, 0.717) is 24.8 Å². The van der Waals surface area contributed by atoms with Gasteiger partial charge in [0.1, 0.15) is 0 Å². The number of amidine groups is 1. The maximum absolute atomic E-state index is 12.1. The number of thioether (sulfide) groups is 1. The first-order valence-electron chi connectivity index (χ1n) is 5.80. The van der Waals surface area contributed by atoms with E-state index < -0.39 is 0 Å². The van der Waals surface area contributed by atoms with E-state index in [1.54, 1.807) is 26.2 Å². The number of methoxy groups -OCH3 is 1. The molecule has 0 saturated carbocycles. The SMILES string of the molecule is CN=C1S/C(=C/c2cc(OC)c(O)c(Br)c2Br)C(=O)N1C. The Hall–Kier alpha value is -0.990. The molecule has 112 valence electrons. The maximum atomic E-state index is 12.1. The Bertz CT molecular complexity index is 674. The lowest BCUT2D eigenvalue weighted by atomic mass is 10.2. The largest absolute Gasteiger partial charge is 0.503 e. The molecule has 1 saturated heterocycles. The molecule has 0 aliphatic carbocycles. The van der Waals surface area contributed by atoms with Crippen molar-refractivity contribution in [1.82, 2.24) is 4.90 Å². The van der Waals surface area contributed by atoms with E-state index in [2.05, 4.69) is 36.9 Å². The van der Waals surface area contributed by atoms with Gasteiger partial charge in [-0.3, -0.25) is 14.7 Å². The number of hydrogen-bond acceptors (Lipinski definition) is 5. The summed E-state index contributed by atoms with van der Waals surface area (Å²) in [5.41, 5.74) is 0.720. The lowest BCUT2D eigenvalue weighted by molar-refractivity contribution is -0.121. The highest BCUT2D eigenvalue weighted by Crippen LogP contribution is 2.43. The van der Waals surface area contributed by atoms with Crippen molar-refractivity contribution in [3.63, 3.8) is 0 Å². The minimum Gasteiger partial charge on any atom is -0.503 e. The number of aliphatic imine (C=N–C) groups is 1. The van der Waals surface area contributed by atoms with Gasteiger partial charge in [0, 0.05) is 18.6 Å². The van der Waals surface area contributed by atoms with Gasteiger partial charge in [-0.15, -0.1) is 0 Å². The minimum atomic E-state index is -0.115. The van der Waals surface area contributed by atoms with Gasteiger partial charge in [-0.25, -0.2) is 0 Å². The summed E-state index contributed by atoms with van der Waals surface area (Å²) in [5, 5.41) is 10.6. The number of halogens is 2. The van der Waals surface area contributed by atoms with Crippen molar-refractivity contribution in [1.29, 1.82) is 0 Å². The van der Waals surface area contributed by atoms with Gasteiger partial charge in [-0.05, 0) is 61.3 Å². The van der Waals surface area contributed by atoms with Gasteiger partial charge in [-0.2, -0.15) is 0 Å². The van der Waals surface area contributed by atoms with Crippen molar-refractivity contribution < 1.29 is 14.6 Å². The maximum Gasteiger partial charge on any atom is 0.266 e. The van der Waals surface area contributed by atoms with Crippen LogP contribution in [-0.4, -0.2) is 42.3 Å². The molecule has 5 nitrogen and oxygen atoms in total. The summed E-state index contributed by atoms with van der Waals surface area (Å²) in [6.07, 6.45) is 1.73. The summed E-state index contributed by atoms with van der Waals surface area (Å²) in [6, 6.07) is 1.66. The lowest BCUT2D eigenvalue weighted by Gasteiger charge is -2.10. The number of phenolic OH excluding ortho intramolecular Hbond substituents is 1. The fraction of sp³-hybridized carbons (Fsp3) is 0.231. The summed E-state index contributed by atoms with van der Waals surface area (Å²) in [4.78, 5) is 18.3. The molecule has 1 aliphatic heterocycles. The van der Waals surface area contributed by atoms with Gasteiger partial charge < -0.3 is 9.84 Å². The van der Waals surface area contributed by atoms with Crippen molar-refractivity contribution in [3.05, 3.63) is 25.5 Å². The number of phenols is 1. The van der Waals surface area contributed by atoms with Crippen LogP contribution >= 0.6 is 43.6 Å². The molecule has 0 unspecified atom stereocenters. The number of aromatic hydroxyl groups is 1. The van der Waals surface area contributed by atoms with Crippen LogP contribution in [0.25, 0.3) is 6.08 Å². The minimum absolute atomic E-state index is 0.00449. The number of carbonyl (C=O) groups is 1. The molecule has 1 aliphatic rings. The standard InChI is InChI=1S/C13H12Br2N2O3S/c1-16-13-17(2)12(19)8(21-13)5-6-4-7(20-3)11(18)10(15)9(6)14/h4-5,18H,1-3H3/b8-5+,16-13?. The van der Waals surface area contributed by atoms with Crippen LogP contribution in [0.2, 0.25) is 0 Å². The van der Waals surface area contributed by atoms with Gasteiger partial charge in [-0.1, -0.05) is 0 Å². The van der Waals surface area contributed by atoms with Crippen LogP contribution in [-0.2, 0) is 4.79 Å². The van der Waals surface area contributed by atoms with E-state index >= 15 is 0 Å². The zero-order chi connectivity index (χ0) is 15.7.